The summed E-state index contributed by atoms with van der Waals surface area (Å²) in [5.41, 5.74) is 2.80. The average molecular weight is 349 g/mol. The number of carbonyl (C=O) groups excluding carboxylic acids is 2. The molecule has 1 rings (SSSR count). The molecule has 0 aliphatic carbocycles. The minimum absolute atomic E-state index is 0.0524. The molecule has 0 aromatic heterocycles. The van der Waals surface area contributed by atoms with E-state index >= 15 is 0 Å². The molecule has 5 nitrogen and oxygen atoms in total. The van der Waals surface area contributed by atoms with Crippen LogP contribution in [0.2, 0.25) is 0 Å². The molecule has 0 saturated carbocycles. The number of hydrogen-bond acceptors (Lipinski definition) is 2. The SMILES string of the molecule is Cc1cccc(C(C)C)c1NC(=O)[C@@H](C)[NH+](C)CC(=O)NC(C)(C)C. The predicted octanol–water partition coefficient (Wildman–Crippen LogP) is 1.87. The Bertz CT molecular complexity index is 618. The number of rotatable bonds is 6. The van der Waals surface area contributed by atoms with Crippen molar-refractivity contribution in [3.8, 4) is 0 Å². The number of carbonyl (C=O) groups is 2. The van der Waals surface area contributed by atoms with E-state index in [1.807, 2.05) is 59.9 Å². The predicted molar refractivity (Wildman–Crippen MR) is 103 cm³/mol. The fraction of sp³-hybridized carbons (Fsp3) is 0.600. The molecule has 0 fully saturated rings. The summed E-state index contributed by atoms with van der Waals surface area (Å²) in [6, 6.07) is 5.73. The molecule has 2 amide bonds. The van der Waals surface area contributed by atoms with Crippen molar-refractivity contribution in [1.82, 2.24) is 5.32 Å². The molecular weight excluding hydrogens is 314 g/mol. The van der Waals surface area contributed by atoms with Crippen LogP contribution in [0.25, 0.3) is 0 Å². The van der Waals surface area contributed by atoms with Crippen molar-refractivity contribution in [2.75, 3.05) is 18.9 Å². The summed E-state index contributed by atoms with van der Waals surface area (Å²) < 4.78 is 0. The van der Waals surface area contributed by atoms with Crippen molar-refractivity contribution in [2.45, 2.75) is 66.0 Å². The van der Waals surface area contributed by atoms with Crippen LogP contribution >= 0.6 is 0 Å². The number of hydrogen-bond donors (Lipinski definition) is 3. The lowest BCUT2D eigenvalue weighted by atomic mass is 9.98. The molecule has 0 bridgehead atoms. The normalized spacial score (nSPS) is 14.1. The van der Waals surface area contributed by atoms with E-state index in [9.17, 15) is 9.59 Å². The maximum Gasteiger partial charge on any atom is 0.282 e. The van der Waals surface area contributed by atoms with Crippen molar-refractivity contribution >= 4 is 17.5 Å². The molecule has 1 aromatic rings. The van der Waals surface area contributed by atoms with Crippen LogP contribution < -0.4 is 15.5 Å². The van der Waals surface area contributed by atoms with Crippen LogP contribution in [-0.4, -0.2) is 37.0 Å². The third kappa shape index (κ3) is 6.50. The first-order valence-electron chi connectivity index (χ1n) is 8.96. The topological polar surface area (TPSA) is 62.6 Å². The zero-order chi connectivity index (χ0) is 19.4. The molecule has 0 saturated heterocycles. The minimum atomic E-state index is -0.328. The maximum atomic E-state index is 12.7. The third-order valence-electron chi connectivity index (χ3n) is 4.26. The third-order valence-corrected chi connectivity index (χ3v) is 4.26. The molecule has 0 heterocycles. The molecule has 1 aromatic carbocycles. The Morgan fingerprint density at radius 3 is 2.28 bits per heavy atom. The Morgan fingerprint density at radius 2 is 1.76 bits per heavy atom. The van der Waals surface area contributed by atoms with Gasteiger partial charge in [0.2, 0.25) is 0 Å². The van der Waals surface area contributed by atoms with E-state index in [0.717, 1.165) is 21.7 Å². The highest BCUT2D eigenvalue weighted by Crippen LogP contribution is 2.27. The lowest BCUT2D eigenvalue weighted by Gasteiger charge is -2.25. The van der Waals surface area contributed by atoms with Crippen molar-refractivity contribution in [1.29, 1.82) is 0 Å². The second-order valence-corrected chi connectivity index (χ2v) is 8.23. The zero-order valence-corrected chi connectivity index (χ0v) is 16.9. The van der Waals surface area contributed by atoms with E-state index < -0.39 is 0 Å². The number of quaternary nitrogens is 1. The van der Waals surface area contributed by atoms with Crippen molar-refractivity contribution in [2.24, 2.45) is 0 Å². The van der Waals surface area contributed by atoms with Gasteiger partial charge in [0.25, 0.3) is 11.8 Å². The Hall–Kier alpha value is -1.88. The zero-order valence-electron chi connectivity index (χ0n) is 16.9. The standard InChI is InChI=1S/C20H33N3O2/c1-13(2)16-11-9-10-14(3)18(16)21-19(25)15(4)23(8)12-17(24)22-20(5,6)7/h9-11,13,15H,12H2,1-8H3,(H,21,25)(H,22,24)/p+1/t15-/m1/s1. The van der Waals surface area contributed by atoms with Crippen LogP contribution in [0.4, 0.5) is 5.69 Å². The number of anilines is 1. The first-order chi connectivity index (χ1) is 11.4. The minimum Gasteiger partial charge on any atom is -0.347 e. The van der Waals surface area contributed by atoms with Gasteiger partial charge in [-0.25, -0.2) is 0 Å². The molecule has 0 aliphatic rings. The number of aryl methyl sites for hydroxylation is 1. The first kappa shape index (κ1) is 21.2. The van der Waals surface area contributed by atoms with Gasteiger partial charge in [0.15, 0.2) is 12.6 Å². The van der Waals surface area contributed by atoms with Gasteiger partial charge in [0, 0.05) is 11.2 Å². The summed E-state index contributed by atoms with van der Waals surface area (Å²) in [7, 11) is 1.87. The van der Waals surface area contributed by atoms with E-state index in [0.29, 0.717) is 5.92 Å². The van der Waals surface area contributed by atoms with Crippen molar-refractivity contribution in [3.63, 3.8) is 0 Å². The summed E-state index contributed by atoms with van der Waals surface area (Å²) >= 11 is 0. The summed E-state index contributed by atoms with van der Waals surface area (Å²) in [5, 5.41) is 6.01. The van der Waals surface area contributed by atoms with Gasteiger partial charge in [-0.3, -0.25) is 9.59 Å². The molecule has 3 N–H and O–H groups in total. The number of para-hydroxylation sites is 1. The summed E-state index contributed by atoms with van der Waals surface area (Å²) in [6.45, 7) is 14.2. The Kier molecular flexibility index (Phi) is 7.17. The highest BCUT2D eigenvalue weighted by molar-refractivity contribution is 5.95. The molecule has 0 spiro atoms. The fourth-order valence-electron chi connectivity index (χ4n) is 2.67. The van der Waals surface area contributed by atoms with E-state index in [-0.39, 0.29) is 29.9 Å². The van der Waals surface area contributed by atoms with Crippen LogP contribution in [0, 0.1) is 6.92 Å². The van der Waals surface area contributed by atoms with Gasteiger partial charge in [0.1, 0.15) is 0 Å². The average Bonchev–Trinajstić information content (AvgIpc) is 2.45. The number of likely N-dealkylation sites (N-methyl/N-ethyl adjacent to an activating group) is 1. The van der Waals surface area contributed by atoms with E-state index in [4.69, 9.17) is 0 Å². The van der Waals surface area contributed by atoms with Crippen LogP contribution in [0.15, 0.2) is 18.2 Å². The number of nitrogens with one attached hydrogen (secondary N) is 3. The largest absolute Gasteiger partial charge is 0.347 e. The van der Waals surface area contributed by atoms with Crippen LogP contribution in [0.3, 0.4) is 0 Å². The van der Waals surface area contributed by atoms with E-state index in [1.165, 1.54) is 0 Å². The van der Waals surface area contributed by atoms with E-state index in [2.05, 4.69) is 24.5 Å². The summed E-state index contributed by atoms with van der Waals surface area (Å²) in [6.07, 6.45) is 0. The highest BCUT2D eigenvalue weighted by Gasteiger charge is 2.26. The van der Waals surface area contributed by atoms with Gasteiger partial charge in [-0.1, -0.05) is 32.0 Å². The number of benzene rings is 1. The van der Waals surface area contributed by atoms with Crippen molar-refractivity contribution in [3.05, 3.63) is 29.3 Å². The second-order valence-electron chi connectivity index (χ2n) is 8.23. The summed E-state index contributed by atoms with van der Waals surface area (Å²) in [5.74, 6) is 0.203. The van der Waals surface area contributed by atoms with Crippen molar-refractivity contribution < 1.29 is 14.5 Å². The van der Waals surface area contributed by atoms with Gasteiger partial charge in [-0.05, 0) is 51.7 Å². The molecule has 25 heavy (non-hydrogen) atoms. The summed E-state index contributed by atoms with van der Waals surface area (Å²) in [4.78, 5) is 25.6. The van der Waals surface area contributed by atoms with Crippen LogP contribution in [-0.2, 0) is 9.59 Å². The Balaban J connectivity index is 2.79. The van der Waals surface area contributed by atoms with Crippen LogP contribution in [0.1, 0.15) is 58.6 Å². The second kappa shape index (κ2) is 8.48. The molecule has 0 aliphatic heterocycles. The Labute approximate surface area is 152 Å². The van der Waals surface area contributed by atoms with Gasteiger partial charge in [-0.15, -0.1) is 0 Å². The van der Waals surface area contributed by atoms with Gasteiger partial charge in [0.05, 0.1) is 7.05 Å². The molecule has 140 valence electrons. The first-order valence-corrected chi connectivity index (χ1v) is 8.96. The van der Waals surface area contributed by atoms with Crippen LogP contribution in [0.5, 0.6) is 0 Å². The van der Waals surface area contributed by atoms with Gasteiger partial charge in [-0.2, -0.15) is 0 Å². The monoisotopic (exact) mass is 348 g/mol. The van der Waals surface area contributed by atoms with E-state index in [1.54, 1.807) is 0 Å². The number of amides is 2. The maximum absolute atomic E-state index is 12.7. The highest BCUT2D eigenvalue weighted by atomic mass is 16.2. The smallest absolute Gasteiger partial charge is 0.282 e. The lowest BCUT2D eigenvalue weighted by Crippen LogP contribution is -3.15. The van der Waals surface area contributed by atoms with Gasteiger partial charge >= 0.3 is 0 Å². The molecule has 5 heteroatoms. The quantitative estimate of drug-likeness (QED) is 0.735. The Morgan fingerprint density at radius 1 is 1.16 bits per heavy atom. The molecule has 0 radical (unpaired) electrons. The molecule has 1 unspecified atom stereocenters. The lowest BCUT2D eigenvalue weighted by molar-refractivity contribution is -0.885. The fourth-order valence-corrected chi connectivity index (χ4v) is 2.67. The molecule has 2 atom stereocenters. The van der Waals surface area contributed by atoms with Gasteiger partial charge < -0.3 is 15.5 Å². The molecular formula is C20H34N3O2+.